The molecule has 2 atom stereocenters. The molecule has 2 aliphatic rings. The zero-order valence-corrected chi connectivity index (χ0v) is 10.0. The minimum absolute atomic E-state index is 0.0507. The molecule has 6 heteroatoms. The number of carbonyl (C=O) groups excluding carboxylic acids is 1. The summed E-state index contributed by atoms with van der Waals surface area (Å²) in [6, 6.07) is 0. The molecule has 0 amide bonds. The molecule has 0 spiro atoms. The van der Waals surface area contributed by atoms with Crippen molar-refractivity contribution in [3.8, 4) is 0 Å². The van der Waals surface area contributed by atoms with Gasteiger partial charge in [-0.15, -0.1) is 0 Å². The van der Waals surface area contributed by atoms with Crippen LogP contribution in [0.2, 0.25) is 0 Å². The summed E-state index contributed by atoms with van der Waals surface area (Å²) < 4.78 is 23.1. The molecule has 0 aromatic rings. The number of rotatable bonds is 4. The third kappa shape index (κ3) is 2.61. The number of primary sulfonamides is 1. The fourth-order valence-electron chi connectivity index (χ4n) is 2.40. The predicted octanol–water partition coefficient (Wildman–Crippen LogP) is -0.378. The van der Waals surface area contributed by atoms with Crippen molar-refractivity contribution in [1.82, 2.24) is 5.32 Å². The van der Waals surface area contributed by atoms with Gasteiger partial charge in [-0.2, -0.15) is 0 Å². The molecule has 2 rings (SSSR count). The second kappa shape index (κ2) is 4.43. The van der Waals surface area contributed by atoms with Crippen molar-refractivity contribution in [2.75, 3.05) is 13.1 Å². The Kier molecular flexibility index (Phi) is 3.32. The lowest BCUT2D eigenvalue weighted by Gasteiger charge is -2.28. The minimum Gasteiger partial charge on any atom is -0.316 e. The number of hydrogen-bond acceptors (Lipinski definition) is 4. The lowest BCUT2D eigenvalue weighted by atomic mass is 9.92. The van der Waals surface area contributed by atoms with E-state index in [-0.39, 0.29) is 17.6 Å². The highest BCUT2D eigenvalue weighted by atomic mass is 32.2. The quantitative estimate of drug-likeness (QED) is 0.708. The number of carbonyl (C=O) groups is 1. The Balaban J connectivity index is 2.16. The van der Waals surface area contributed by atoms with Crippen molar-refractivity contribution < 1.29 is 13.2 Å². The van der Waals surface area contributed by atoms with Crippen LogP contribution >= 0.6 is 0 Å². The predicted molar refractivity (Wildman–Crippen MR) is 60.2 cm³/mol. The molecule has 1 heterocycles. The first-order chi connectivity index (χ1) is 7.50. The molecular weight excluding hydrogens is 228 g/mol. The molecule has 1 saturated carbocycles. The summed E-state index contributed by atoms with van der Waals surface area (Å²) in [5.41, 5.74) is 0. The first kappa shape index (κ1) is 12.0. The highest BCUT2D eigenvalue weighted by molar-refractivity contribution is 7.90. The Labute approximate surface area is 95.8 Å². The number of nitrogens with one attached hydrogen (secondary N) is 1. The third-order valence-electron chi connectivity index (χ3n) is 3.38. The van der Waals surface area contributed by atoms with Gasteiger partial charge in [0.1, 0.15) is 5.25 Å². The number of nitrogens with two attached hydrogens (primary N) is 1. The molecular formula is C10H18N2O3S. The van der Waals surface area contributed by atoms with Crippen LogP contribution in [0.25, 0.3) is 0 Å². The summed E-state index contributed by atoms with van der Waals surface area (Å²) in [5, 5.41) is 7.35. The third-order valence-corrected chi connectivity index (χ3v) is 4.70. The van der Waals surface area contributed by atoms with Crippen molar-refractivity contribution >= 4 is 15.8 Å². The van der Waals surface area contributed by atoms with Gasteiger partial charge in [-0.3, -0.25) is 4.79 Å². The van der Waals surface area contributed by atoms with E-state index >= 15 is 0 Å². The minimum atomic E-state index is -3.76. The van der Waals surface area contributed by atoms with Gasteiger partial charge in [-0.25, -0.2) is 13.6 Å². The van der Waals surface area contributed by atoms with Gasteiger partial charge in [-0.1, -0.05) is 0 Å². The van der Waals surface area contributed by atoms with Gasteiger partial charge in [0.2, 0.25) is 10.0 Å². The standard InChI is InChI=1S/C10H18N2O3S/c11-16(14,15)10(9(13)7-3-4-7)8-2-1-5-12-6-8/h7-8,10,12H,1-6H2,(H2,11,14,15). The molecule has 0 radical (unpaired) electrons. The monoisotopic (exact) mass is 246 g/mol. The summed E-state index contributed by atoms with van der Waals surface area (Å²) in [5.74, 6) is -0.349. The number of ketones is 1. The number of hydrogen-bond donors (Lipinski definition) is 2. The molecule has 1 aliphatic carbocycles. The summed E-state index contributed by atoms with van der Waals surface area (Å²) in [4.78, 5) is 12.0. The van der Waals surface area contributed by atoms with Crippen LogP contribution in [-0.2, 0) is 14.8 Å². The molecule has 3 N–H and O–H groups in total. The van der Waals surface area contributed by atoms with E-state index in [9.17, 15) is 13.2 Å². The Morgan fingerprint density at radius 2 is 2.00 bits per heavy atom. The molecule has 1 aliphatic heterocycles. The van der Waals surface area contributed by atoms with Crippen molar-refractivity contribution in [1.29, 1.82) is 0 Å². The average Bonchev–Trinajstić information content (AvgIpc) is 3.00. The van der Waals surface area contributed by atoms with Crippen LogP contribution in [0, 0.1) is 11.8 Å². The summed E-state index contributed by atoms with van der Waals surface area (Å²) >= 11 is 0. The highest BCUT2D eigenvalue weighted by Crippen LogP contribution is 2.34. The fraction of sp³-hybridized carbons (Fsp3) is 0.900. The second-order valence-corrected chi connectivity index (χ2v) is 6.48. The first-order valence-electron chi connectivity index (χ1n) is 5.76. The van der Waals surface area contributed by atoms with E-state index in [1.807, 2.05) is 0 Å². The summed E-state index contributed by atoms with van der Waals surface area (Å²) in [6.45, 7) is 1.48. The Hall–Kier alpha value is -0.460. The van der Waals surface area contributed by atoms with Crippen molar-refractivity contribution in [2.24, 2.45) is 17.0 Å². The van der Waals surface area contributed by atoms with Crippen molar-refractivity contribution in [2.45, 2.75) is 30.9 Å². The first-order valence-corrected chi connectivity index (χ1v) is 7.37. The topological polar surface area (TPSA) is 89.3 Å². The molecule has 1 saturated heterocycles. The van der Waals surface area contributed by atoms with Gasteiger partial charge in [0, 0.05) is 5.92 Å². The largest absolute Gasteiger partial charge is 0.316 e. The van der Waals surface area contributed by atoms with Gasteiger partial charge >= 0.3 is 0 Å². The van der Waals surface area contributed by atoms with Gasteiger partial charge in [0.15, 0.2) is 5.78 Å². The maximum atomic E-state index is 12.0. The van der Waals surface area contributed by atoms with E-state index in [0.29, 0.717) is 6.54 Å². The zero-order chi connectivity index (χ0) is 11.8. The van der Waals surface area contributed by atoms with E-state index in [0.717, 1.165) is 32.2 Å². The number of Topliss-reactive ketones (excluding diaryl/α,β-unsaturated/α-hetero) is 1. The molecule has 92 valence electrons. The molecule has 16 heavy (non-hydrogen) atoms. The van der Waals surface area contributed by atoms with E-state index in [1.54, 1.807) is 0 Å². The smallest absolute Gasteiger partial charge is 0.219 e. The maximum Gasteiger partial charge on any atom is 0.219 e. The Morgan fingerprint density at radius 3 is 2.44 bits per heavy atom. The van der Waals surface area contributed by atoms with Crippen LogP contribution in [0.4, 0.5) is 0 Å². The molecule has 2 fully saturated rings. The Bertz CT molecular complexity index is 370. The zero-order valence-electron chi connectivity index (χ0n) is 9.19. The van der Waals surface area contributed by atoms with Crippen LogP contribution in [-0.4, -0.2) is 32.5 Å². The van der Waals surface area contributed by atoms with Crippen LogP contribution in [0.5, 0.6) is 0 Å². The van der Waals surface area contributed by atoms with E-state index in [1.165, 1.54) is 0 Å². The van der Waals surface area contributed by atoms with Crippen LogP contribution in [0.3, 0.4) is 0 Å². The average molecular weight is 246 g/mol. The number of piperidine rings is 1. The maximum absolute atomic E-state index is 12.0. The van der Waals surface area contributed by atoms with Crippen LogP contribution < -0.4 is 10.5 Å². The molecule has 0 aromatic heterocycles. The lowest BCUT2D eigenvalue weighted by molar-refractivity contribution is -0.120. The fourth-order valence-corrected chi connectivity index (χ4v) is 3.68. The second-order valence-electron chi connectivity index (χ2n) is 4.79. The van der Waals surface area contributed by atoms with E-state index < -0.39 is 15.3 Å². The van der Waals surface area contributed by atoms with E-state index in [4.69, 9.17) is 5.14 Å². The summed E-state index contributed by atoms with van der Waals surface area (Å²) in [6.07, 6.45) is 3.33. The molecule has 0 bridgehead atoms. The lowest BCUT2D eigenvalue weighted by Crippen LogP contribution is -2.47. The van der Waals surface area contributed by atoms with E-state index in [2.05, 4.69) is 5.32 Å². The molecule has 5 nitrogen and oxygen atoms in total. The van der Waals surface area contributed by atoms with Gasteiger partial charge in [-0.05, 0) is 44.7 Å². The van der Waals surface area contributed by atoms with Crippen LogP contribution in [0.1, 0.15) is 25.7 Å². The normalized spacial score (nSPS) is 28.7. The van der Waals surface area contributed by atoms with Gasteiger partial charge in [0.05, 0.1) is 0 Å². The number of sulfonamides is 1. The van der Waals surface area contributed by atoms with Gasteiger partial charge in [0.25, 0.3) is 0 Å². The van der Waals surface area contributed by atoms with Crippen LogP contribution in [0.15, 0.2) is 0 Å². The van der Waals surface area contributed by atoms with Crippen molar-refractivity contribution in [3.63, 3.8) is 0 Å². The molecule has 2 unspecified atom stereocenters. The Morgan fingerprint density at radius 1 is 1.31 bits per heavy atom. The van der Waals surface area contributed by atoms with Crippen molar-refractivity contribution in [3.05, 3.63) is 0 Å². The molecule has 0 aromatic carbocycles. The SMILES string of the molecule is NS(=O)(=O)C(C(=O)C1CC1)C1CCCNC1. The summed E-state index contributed by atoms with van der Waals surface area (Å²) in [7, 11) is -3.76. The van der Waals surface area contributed by atoms with Gasteiger partial charge < -0.3 is 5.32 Å². The highest BCUT2D eigenvalue weighted by Gasteiger charge is 2.44.